The van der Waals surface area contributed by atoms with Gasteiger partial charge in [-0.1, -0.05) is 11.2 Å². The summed E-state index contributed by atoms with van der Waals surface area (Å²) in [4.78, 5) is 22.0. The van der Waals surface area contributed by atoms with E-state index >= 15 is 0 Å². The summed E-state index contributed by atoms with van der Waals surface area (Å²) < 4.78 is 5.48. The Morgan fingerprint density at radius 2 is 2.04 bits per heavy atom. The van der Waals surface area contributed by atoms with Gasteiger partial charge in [0.2, 0.25) is 11.7 Å². The zero-order valence-electron chi connectivity index (χ0n) is 13.0. The maximum absolute atomic E-state index is 12.6. The highest BCUT2D eigenvalue weighted by Crippen LogP contribution is 2.29. The van der Waals surface area contributed by atoms with Gasteiger partial charge in [0.25, 0.3) is 0 Å². The van der Waals surface area contributed by atoms with Crippen LogP contribution in [0, 0.1) is 0 Å². The number of likely N-dealkylation sites (tertiary alicyclic amines) is 2. The minimum absolute atomic E-state index is 0.150. The first-order valence-corrected chi connectivity index (χ1v) is 9.10. The van der Waals surface area contributed by atoms with Gasteiger partial charge in [0.15, 0.2) is 0 Å². The summed E-state index contributed by atoms with van der Waals surface area (Å²) in [7, 11) is 0. The van der Waals surface area contributed by atoms with E-state index in [-0.39, 0.29) is 11.9 Å². The van der Waals surface area contributed by atoms with Crippen molar-refractivity contribution >= 4 is 17.4 Å². The predicted molar refractivity (Wildman–Crippen MR) is 87.4 cm³/mol. The molecule has 0 aliphatic carbocycles. The van der Waals surface area contributed by atoms with E-state index in [1.54, 1.807) is 11.3 Å². The number of thiophene rings is 1. The first kappa shape index (κ1) is 14.7. The van der Waals surface area contributed by atoms with Crippen molar-refractivity contribution in [3.05, 3.63) is 23.4 Å². The third-order valence-electron chi connectivity index (χ3n) is 4.60. The number of aromatic nitrogens is 2. The molecular weight excluding hydrogens is 312 g/mol. The van der Waals surface area contributed by atoms with E-state index in [4.69, 9.17) is 4.52 Å². The van der Waals surface area contributed by atoms with Gasteiger partial charge in [-0.25, -0.2) is 4.79 Å². The third kappa shape index (κ3) is 2.97. The number of piperidine rings is 1. The zero-order chi connectivity index (χ0) is 15.6. The normalized spacial score (nSPS) is 21.8. The van der Waals surface area contributed by atoms with Crippen molar-refractivity contribution in [3.63, 3.8) is 0 Å². The van der Waals surface area contributed by atoms with Crippen LogP contribution in [0.15, 0.2) is 22.0 Å². The topological polar surface area (TPSA) is 62.5 Å². The SMILES string of the molecule is O=C(N1CCCC1)N1CCCC(c2nc(-c3cccs3)no2)C1. The van der Waals surface area contributed by atoms with Crippen LogP contribution >= 0.6 is 11.3 Å². The van der Waals surface area contributed by atoms with Gasteiger partial charge >= 0.3 is 6.03 Å². The summed E-state index contributed by atoms with van der Waals surface area (Å²) in [6.07, 6.45) is 4.23. The number of nitrogens with zero attached hydrogens (tertiary/aromatic N) is 4. The van der Waals surface area contributed by atoms with E-state index in [0.29, 0.717) is 18.3 Å². The Morgan fingerprint density at radius 1 is 1.22 bits per heavy atom. The highest BCUT2D eigenvalue weighted by atomic mass is 32.1. The molecule has 2 aliphatic heterocycles. The molecule has 1 atom stereocenters. The minimum atomic E-state index is 0.150. The van der Waals surface area contributed by atoms with Gasteiger partial charge in [-0.2, -0.15) is 4.98 Å². The molecule has 2 aromatic heterocycles. The predicted octanol–water partition coefficient (Wildman–Crippen LogP) is 3.19. The maximum atomic E-state index is 12.6. The van der Waals surface area contributed by atoms with Crippen molar-refractivity contribution < 1.29 is 9.32 Å². The Kier molecular flexibility index (Phi) is 4.03. The van der Waals surface area contributed by atoms with Gasteiger partial charge < -0.3 is 14.3 Å². The van der Waals surface area contributed by atoms with Crippen LogP contribution in [0.2, 0.25) is 0 Å². The van der Waals surface area contributed by atoms with Gasteiger partial charge in [0, 0.05) is 26.2 Å². The van der Waals surface area contributed by atoms with Crippen LogP contribution in [0.4, 0.5) is 4.79 Å². The highest BCUT2D eigenvalue weighted by Gasteiger charge is 2.31. The van der Waals surface area contributed by atoms with Crippen molar-refractivity contribution in [1.29, 1.82) is 0 Å². The molecule has 4 heterocycles. The van der Waals surface area contributed by atoms with Gasteiger partial charge in [-0.05, 0) is 37.1 Å². The number of urea groups is 1. The zero-order valence-corrected chi connectivity index (χ0v) is 13.8. The molecule has 7 heteroatoms. The van der Waals surface area contributed by atoms with E-state index in [0.717, 1.165) is 50.2 Å². The molecule has 122 valence electrons. The van der Waals surface area contributed by atoms with Gasteiger partial charge in [0.05, 0.1) is 10.8 Å². The van der Waals surface area contributed by atoms with Crippen LogP contribution in [-0.4, -0.2) is 52.2 Å². The number of hydrogen-bond donors (Lipinski definition) is 0. The number of carbonyl (C=O) groups excluding carboxylic acids is 1. The highest BCUT2D eigenvalue weighted by molar-refractivity contribution is 7.13. The standard InChI is InChI=1S/C16H20N4O2S/c21-16(19-7-1-2-8-19)20-9-3-5-12(11-20)15-17-14(18-22-15)13-6-4-10-23-13/h4,6,10,12H,1-3,5,7-9,11H2. The fraction of sp³-hybridized carbons (Fsp3) is 0.562. The maximum Gasteiger partial charge on any atom is 0.320 e. The average Bonchev–Trinajstić information content (AvgIpc) is 3.36. The van der Waals surface area contributed by atoms with Crippen LogP contribution in [0.5, 0.6) is 0 Å². The van der Waals surface area contributed by atoms with E-state index in [1.807, 2.05) is 27.3 Å². The molecular formula is C16H20N4O2S. The summed E-state index contributed by atoms with van der Waals surface area (Å²) in [5.74, 6) is 1.46. The Balaban J connectivity index is 1.46. The molecule has 0 N–H and O–H groups in total. The van der Waals surface area contributed by atoms with Crippen LogP contribution in [0.3, 0.4) is 0 Å². The molecule has 0 bridgehead atoms. The number of rotatable bonds is 2. The molecule has 2 amide bonds. The smallest absolute Gasteiger partial charge is 0.320 e. The third-order valence-corrected chi connectivity index (χ3v) is 5.47. The Morgan fingerprint density at radius 3 is 2.83 bits per heavy atom. The summed E-state index contributed by atoms with van der Waals surface area (Å²) in [5.41, 5.74) is 0. The number of hydrogen-bond acceptors (Lipinski definition) is 5. The molecule has 23 heavy (non-hydrogen) atoms. The fourth-order valence-corrected chi connectivity index (χ4v) is 4.02. The Hall–Kier alpha value is -1.89. The molecule has 2 saturated heterocycles. The number of carbonyl (C=O) groups is 1. The summed E-state index contributed by atoms with van der Waals surface area (Å²) >= 11 is 1.60. The number of amides is 2. The Bertz CT molecular complexity index is 663. The summed E-state index contributed by atoms with van der Waals surface area (Å²) in [6, 6.07) is 4.14. The molecule has 2 aliphatic rings. The molecule has 2 fully saturated rings. The molecule has 1 unspecified atom stereocenters. The van der Waals surface area contributed by atoms with E-state index < -0.39 is 0 Å². The van der Waals surface area contributed by atoms with Crippen molar-refractivity contribution in [3.8, 4) is 10.7 Å². The molecule has 2 aromatic rings. The largest absolute Gasteiger partial charge is 0.339 e. The van der Waals surface area contributed by atoms with Crippen molar-refractivity contribution in [2.45, 2.75) is 31.6 Å². The van der Waals surface area contributed by atoms with Crippen LogP contribution < -0.4 is 0 Å². The van der Waals surface area contributed by atoms with E-state index in [9.17, 15) is 4.79 Å². The van der Waals surface area contributed by atoms with Crippen molar-refractivity contribution in [1.82, 2.24) is 19.9 Å². The molecule has 0 radical (unpaired) electrons. The second-order valence-corrected chi connectivity index (χ2v) is 7.14. The van der Waals surface area contributed by atoms with Gasteiger partial charge in [0.1, 0.15) is 0 Å². The monoisotopic (exact) mass is 332 g/mol. The molecule has 4 rings (SSSR count). The summed E-state index contributed by atoms with van der Waals surface area (Å²) in [6.45, 7) is 3.30. The lowest BCUT2D eigenvalue weighted by Crippen LogP contribution is -2.46. The molecule has 0 saturated carbocycles. The van der Waals surface area contributed by atoms with E-state index in [1.165, 1.54) is 0 Å². The van der Waals surface area contributed by atoms with Gasteiger partial charge in [-0.15, -0.1) is 11.3 Å². The fourth-order valence-electron chi connectivity index (χ4n) is 3.37. The second kappa shape index (κ2) is 6.31. The quantitative estimate of drug-likeness (QED) is 0.847. The molecule has 0 spiro atoms. The lowest BCUT2D eigenvalue weighted by atomic mass is 9.98. The van der Waals surface area contributed by atoms with Crippen LogP contribution in [0.25, 0.3) is 10.7 Å². The second-order valence-electron chi connectivity index (χ2n) is 6.20. The van der Waals surface area contributed by atoms with E-state index in [2.05, 4.69) is 10.1 Å². The minimum Gasteiger partial charge on any atom is -0.339 e. The lowest BCUT2D eigenvalue weighted by molar-refractivity contribution is 0.142. The van der Waals surface area contributed by atoms with Crippen molar-refractivity contribution in [2.75, 3.05) is 26.2 Å². The average molecular weight is 332 g/mol. The molecule has 6 nitrogen and oxygen atoms in total. The first-order chi connectivity index (χ1) is 11.3. The lowest BCUT2D eigenvalue weighted by Gasteiger charge is -2.33. The summed E-state index contributed by atoms with van der Waals surface area (Å²) in [5, 5.41) is 6.09. The van der Waals surface area contributed by atoms with Crippen molar-refractivity contribution in [2.24, 2.45) is 0 Å². The first-order valence-electron chi connectivity index (χ1n) is 8.22. The Labute approximate surface area is 139 Å². The van der Waals surface area contributed by atoms with Crippen LogP contribution in [-0.2, 0) is 0 Å². The van der Waals surface area contributed by atoms with Gasteiger partial charge in [-0.3, -0.25) is 0 Å². The molecule has 0 aromatic carbocycles. The van der Waals surface area contributed by atoms with Crippen LogP contribution in [0.1, 0.15) is 37.5 Å².